The Morgan fingerprint density at radius 2 is 2.06 bits per heavy atom. The van der Waals surface area contributed by atoms with E-state index in [0.717, 1.165) is 0 Å². The highest BCUT2D eigenvalue weighted by molar-refractivity contribution is 5.92. The summed E-state index contributed by atoms with van der Waals surface area (Å²) in [5.41, 5.74) is 1.28. The highest BCUT2D eigenvalue weighted by atomic mass is 16.5. The molecule has 0 saturated heterocycles. The Kier molecular flexibility index (Phi) is 3.23. The van der Waals surface area contributed by atoms with Crippen LogP contribution in [-0.4, -0.2) is 30.3 Å². The van der Waals surface area contributed by atoms with Crippen LogP contribution in [0.4, 0.5) is 10.5 Å². The maximum Gasteiger partial charge on any atom is 0.414 e. The van der Waals surface area contributed by atoms with Gasteiger partial charge in [-0.2, -0.15) is 0 Å². The van der Waals surface area contributed by atoms with Gasteiger partial charge in [0.05, 0.1) is 18.7 Å². The molecule has 0 radical (unpaired) electrons. The Morgan fingerprint density at radius 1 is 1.39 bits per heavy atom. The number of fused-ring (bicyclic) bond motifs is 1. The minimum atomic E-state index is -0.862. The first-order valence-corrected chi connectivity index (χ1v) is 5.75. The summed E-state index contributed by atoms with van der Waals surface area (Å²) in [5.74, 6) is -1.43. The SMILES string of the molecule is COC(=O)N1c2ccccc2[C@H](C(=O)O)C[C@@H]1C. The molecule has 0 aliphatic carbocycles. The normalized spacial score (nSPS) is 22.2. The molecule has 0 aromatic heterocycles. The van der Waals surface area contributed by atoms with Crippen LogP contribution in [0.25, 0.3) is 0 Å². The van der Waals surface area contributed by atoms with Crippen LogP contribution in [0.5, 0.6) is 0 Å². The number of methoxy groups -OCH3 is 1. The number of rotatable bonds is 1. The van der Waals surface area contributed by atoms with Crippen molar-refractivity contribution >= 4 is 17.7 Å². The van der Waals surface area contributed by atoms with E-state index in [1.54, 1.807) is 24.3 Å². The average Bonchev–Trinajstić information content (AvgIpc) is 2.36. The zero-order valence-corrected chi connectivity index (χ0v) is 10.3. The summed E-state index contributed by atoms with van der Waals surface area (Å²) in [5, 5.41) is 9.25. The van der Waals surface area contributed by atoms with E-state index in [1.807, 2.05) is 6.92 Å². The van der Waals surface area contributed by atoms with Gasteiger partial charge in [0.1, 0.15) is 0 Å². The molecular weight excluding hydrogens is 234 g/mol. The van der Waals surface area contributed by atoms with Crippen molar-refractivity contribution in [2.75, 3.05) is 12.0 Å². The molecule has 1 heterocycles. The Hall–Kier alpha value is -2.04. The van der Waals surface area contributed by atoms with Gasteiger partial charge in [0.15, 0.2) is 0 Å². The maximum absolute atomic E-state index is 11.8. The molecule has 0 spiro atoms. The number of ether oxygens (including phenoxy) is 1. The topological polar surface area (TPSA) is 66.8 Å². The van der Waals surface area contributed by atoms with E-state index in [-0.39, 0.29) is 6.04 Å². The molecule has 1 aromatic carbocycles. The molecule has 5 heteroatoms. The van der Waals surface area contributed by atoms with Gasteiger partial charge in [-0.3, -0.25) is 9.69 Å². The van der Waals surface area contributed by atoms with Crippen molar-refractivity contribution < 1.29 is 19.4 Å². The number of aliphatic carboxylic acids is 1. The Morgan fingerprint density at radius 3 is 2.67 bits per heavy atom. The predicted octanol–water partition coefficient (Wildman–Crippen LogP) is 2.22. The number of para-hydroxylation sites is 1. The number of carbonyl (C=O) groups excluding carboxylic acids is 1. The molecule has 0 saturated carbocycles. The van der Waals surface area contributed by atoms with Gasteiger partial charge < -0.3 is 9.84 Å². The van der Waals surface area contributed by atoms with Gasteiger partial charge in [-0.25, -0.2) is 4.79 Å². The van der Waals surface area contributed by atoms with Gasteiger partial charge in [0.2, 0.25) is 0 Å². The van der Waals surface area contributed by atoms with Crippen molar-refractivity contribution in [1.29, 1.82) is 0 Å². The second-order valence-electron chi connectivity index (χ2n) is 4.37. The summed E-state index contributed by atoms with van der Waals surface area (Å²) in [6.45, 7) is 1.82. The third kappa shape index (κ3) is 1.92. The molecule has 1 amide bonds. The first kappa shape index (κ1) is 12.4. The van der Waals surface area contributed by atoms with Crippen LogP contribution < -0.4 is 4.90 Å². The summed E-state index contributed by atoms with van der Waals surface area (Å²) in [6, 6.07) is 6.85. The molecule has 1 aliphatic rings. The smallest absolute Gasteiger partial charge is 0.414 e. The number of carboxylic acid groups (broad SMARTS) is 1. The van der Waals surface area contributed by atoms with Gasteiger partial charge >= 0.3 is 12.1 Å². The third-order valence-corrected chi connectivity index (χ3v) is 3.26. The van der Waals surface area contributed by atoms with Gasteiger partial charge in [0, 0.05) is 6.04 Å². The van der Waals surface area contributed by atoms with Crippen molar-refractivity contribution in [1.82, 2.24) is 0 Å². The zero-order chi connectivity index (χ0) is 13.3. The first-order chi connectivity index (χ1) is 8.56. The Bertz CT molecular complexity index is 486. The van der Waals surface area contributed by atoms with Gasteiger partial charge in [-0.05, 0) is 25.0 Å². The quantitative estimate of drug-likeness (QED) is 0.828. The lowest BCUT2D eigenvalue weighted by Gasteiger charge is -2.36. The van der Waals surface area contributed by atoms with Crippen LogP contribution in [0.2, 0.25) is 0 Å². The third-order valence-electron chi connectivity index (χ3n) is 3.26. The number of amides is 1. The second kappa shape index (κ2) is 4.68. The van der Waals surface area contributed by atoms with E-state index in [4.69, 9.17) is 4.74 Å². The van der Waals surface area contributed by atoms with Crippen LogP contribution in [0.15, 0.2) is 24.3 Å². The molecule has 1 aromatic rings. The second-order valence-corrected chi connectivity index (χ2v) is 4.37. The minimum absolute atomic E-state index is 0.201. The fourth-order valence-corrected chi connectivity index (χ4v) is 2.42. The van der Waals surface area contributed by atoms with E-state index in [9.17, 15) is 14.7 Å². The molecule has 2 rings (SSSR count). The molecule has 96 valence electrons. The highest BCUT2D eigenvalue weighted by Crippen LogP contribution is 2.38. The van der Waals surface area contributed by atoms with Crippen molar-refractivity contribution in [3.05, 3.63) is 29.8 Å². The van der Waals surface area contributed by atoms with Gasteiger partial charge in [0.25, 0.3) is 0 Å². The van der Waals surface area contributed by atoms with Crippen molar-refractivity contribution in [3.63, 3.8) is 0 Å². The van der Waals surface area contributed by atoms with Crippen LogP contribution in [0.3, 0.4) is 0 Å². The summed E-state index contributed by atoms with van der Waals surface area (Å²) >= 11 is 0. The van der Waals surface area contributed by atoms with Crippen LogP contribution in [-0.2, 0) is 9.53 Å². The first-order valence-electron chi connectivity index (χ1n) is 5.75. The van der Waals surface area contributed by atoms with Gasteiger partial charge in [-0.15, -0.1) is 0 Å². The number of hydrogen-bond donors (Lipinski definition) is 1. The Balaban J connectivity index is 2.51. The lowest BCUT2D eigenvalue weighted by atomic mass is 9.86. The Labute approximate surface area is 105 Å². The van der Waals surface area contributed by atoms with E-state index in [0.29, 0.717) is 17.7 Å². The minimum Gasteiger partial charge on any atom is -0.481 e. The number of carboxylic acids is 1. The molecule has 1 aliphatic heterocycles. The number of anilines is 1. The number of benzene rings is 1. The summed E-state index contributed by atoms with van der Waals surface area (Å²) < 4.78 is 4.75. The lowest BCUT2D eigenvalue weighted by molar-refractivity contribution is -0.139. The molecule has 2 atom stereocenters. The molecule has 18 heavy (non-hydrogen) atoms. The van der Waals surface area contributed by atoms with Crippen molar-refractivity contribution in [3.8, 4) is 0 Å². The molecule has 0 unspecified atom stereocenters. The summed E-state index contributed by atoms with van der Waals surface area (Å²) in [4.78, 5) is 24.6. The van der Waals surface area contributed by atoms with E-state index in [1.165, 1.54) is 12.0 Å². The average molecular weight is 249 g/mol. The summed E-state index contributed by atoms with van der Waals surface area (Å²) in [7, 11) is 1.32. The maximum atomic E-state index is 11.8. The summed E-state index contributed by atoms with van der Waals surface area (Å²) in [6.07, 6.45) is -0.0691. The monoisotopic (exact) mass is 249 g/mol. The van der Waals surface area contributed by atoms with E-state index < -0.39 is 18.0 Å². The molecule has 0 bridgehead atoms. The van der Waals surface area contributed by atoms with E-state index >= 15 is 0 Å². The van der Waals surface area contributed by atoms with Crippen molar-refractivity contribution in [2.24, 2.45) is 0 Å². The number of hydrogen-bond acceptors (Lipinski definition) is 3. The fourth-order valence-electron chi connectivity index (χ4n) is 2.42. The van der Waals surface area contributed by atoms with Crippen LogP contribution >= 0.6 is 0 Å². The molecule has 1 N–H and O–H groups in total. The molecular formula is C13H15NO4. The fraction of sp³-hybridized carbons (Fsp3) is 0.385. The van der Waals surface area contributed by atoms with Crippen LogP contribution in [0.1, 0.15) is 24.8 Å². The molecule has 5 nitrogen and oxygen atoms in total. The lowest BCUT2D eigenvalue weighted by Crippen LogP contribution is -2.44. The number of carbonyl (C=O) groups is 2. The highest BCUT2D eigenvalue weighted by Gasteiger charge is 2.37. The zero-order valence-electron chi connectivity index (χ0n) is 10.3. The van der Waals surface area contributed by atoms with Crippen LogP contribution in [0, 0.1) is 0 Å². The van der Waals surface area contributed by atoms with E-state index in [2.05, 4.69) is 0 Å². The predicted molar refractivity (Wildman–Crippen MR) is 65.8 cm³/mol. The standard InChI is InChI=1S/C13H15NO4/c1-8-7-10(12(15)16)9-5-3-4-6-11(9)14(8)13(17)18-2/h3-6,8,10H,7H2,1-2H3,(H,15,16)/t8-,10+/m0/s1. The largest absolute Gasteiger partial charge is 0.481 e. The number of nitrogens with zero attached hydrogens (tertiary/aromatic N) is 1. The van der Waals surface area contributed by atoms with Crippen molar-refractivity contribution in [2.45, 2.75) is 25.3 Å². The van der Waals surface area contributed by atoms with Gasteiger partial charge in [-0.1, -0.05) is 18.2 Å². The molecule has 0 fully saturated rings.